The van der Waals surface area contributed by atoms with Crippen molar-refractivity contribution in [3.05, 3.63) is 40.7 Å². The minimum absolute atomic E-state index is 0.724. The van der Waals surface area contributed by atoms with E-state index in [-0.39, 0.29) is 0 Å². The highest BCUT2D eigenvalue weighted by Crippen LogP contribution is 2.21. The molecule has 0 amide bonds. The zero-order valence-corrected chi connectivity index (χ0v) is 15.1. The molecular formula is C19H26BrNO. The second-order valence-electron chi connectivity index (χ2n) is 5.88. The highest BCUT2D eigenvalue weighted by Gasteiger charge is 2.06. The Bertz CT molecular complexity index is 533. The smallest absolute Gasteiger partial charge is 0.226 e. The largest absolute Gasteiger partial charge is 0.444 e. The van der Waals surface area contributed by atoms with Crippen LogP contribution in [0.25, 0.3) is 11.5 Å². The molecule has 0 fully saturated rings. The van der Waals surface area contributed by atoms with Gasteiger partial charge in [-0.05, 0) is 37.1 Å². The molecule has 0 saturated heterocycles. The Kier molecular flexibility index (Phi) is 7.72. The van der Waals surface area contributed by atoms with Crippen LogP contribution in [0, 0.1) is 0 Å². The van der Waals surface area contributed by atoms with Gasteiger partial charge < -0.3 is 4.42 Å². The van der Waals surface area contributed by atoms with Gasteiger partial charge in [-0.25, -0.2) is 4.98 Å². The normalized spacial score (nSPS) is 11.0. The molecule has 1 heterocycles. The second kappa shape index (κ2) is 9.83. The third-order valence-electron chi connectivity index (χ3n) is 3.93. The summed E-state index contributed by atoms with van der Waals surface area (Å²) in [6.45, 7) is 2.26. The Morgan fingerprint density at radius 3 is 2.23 bits per heavy atom. The van der Waals surface area contributed by atoms with E-state index in [1.54, 1.807) is 6.26 Å². The van der Waals surface area contributed by atoms with E-state index in [9.17, 15) is 0 Å². The summed E-state index contributed by atoms with van der Waals surface area (Å²) < 4.78 is 6.66. The van der Waals surface area contributed by atoms with Crippen LogP contribution in [0.15, 0.2) is 39.4 Å². The fourth-order valence-electron chi connectivity index (χ4n) is 2.59. The molecule has 3 heteroatoms. The molecule has 0 unspecified atom stereocenters. The van der Waals surface area contributed by atoms with Gasteiger partial charge >= 0.3 is 0 Å². The lowest BCUT2D eigenvalue weighted by molar-refractivity contribution is 0.565. The van der Waals surface area contributed by atoms with Gasteiger partial charge in [0.15, 0.2) is 0 Å². The van der Waals surface area contributed by atoms with Gasteiger partial charge in [0, 0.05) is 10.0 Å². The van der Waals surface area contributed by atoms with Crippen molar-refractivity contribution >= 4 is 15.9 Å². The predicted molar refractivity (Wildman–Crippen MR) is 96.0 cm³/mol. The molecule has 0 N–H and O–H groups in total. The van der Waals surface area contributed by atoms with E-state index in [0.717, 1.165) is 28.0 Å². The van der Waals surface area contributed by atoms with E-state index < -0.39 is 0 Å². The van der Waals surface area contributed by atoms with E-state index in [4.69, 9.17) is 4.42 Å². The minimum Gasteiger partial charge on any atom is -0.444 e. The number of benzene rings is 1. The predicted octanol–water partition coefficient (Wildman–Crippen LogP) is 6.79. The molecule has 0 atom stereocenters. The standard InChI is InChI=1S/C19H26BrNO/c1-2-3-4-5-6-7-8-9-10-18-15-22-19(21-18)16-11-13-17(20)14-12-16/h11-15H,2-10H2,1H3. The van der Waals surface area contributed by atoms with Crippen LogP contribution in [0.3, 0.4) is 0 Å². The highest BCUT2D eigenvalue weighted by atomic mass is 79.9. The Balaban J connectivity index is 1.66. The van der Waals surface area contributed by atoms with E-state index >= 15 is 0 Å². The average Bonchev–Trinajstić information content (AvgIpc) is 2.99. The Hall–Kier alpha value is -1.09. The van der Waals surface area contributed by atoms with E-state index in [2.05, 4.69) is 27.8 Å². The number of halogens is 1. The number of nitrogens with zero attached hydrogens (tertiary/aromatic N) is 1. The molecular weight excluding hydrogens is 338 g/mol. The number of aryl methyl sites for hydroxylation is 1. The van der Waals surface area contributed by atoms with Crippen LogP contribution in [-0.2, 0) is 6.42 Å². The van der Waals surface area contributed by atoms with Gasteiger partial charge in [-0.3, -0.25) is 0 Å². The zero-order chi connectivity index (χ0) is 15.6. The quantitative estimate of drug-likeness (QED) is 0.434. The molecule has 22 heavy (non-hydrogen) atoms. The summed E-state index contributed by atoms with van der Waals surface area (Å²) in [5.41, 5.74) is 2.11. The first-order valence-electron chi connectivity index (χ1n) is 8.50. The second-order valence-corrected chi connectivity index (χ2v) is 6.79. The molecule has 1 aromatic carbocycles. The summed E-state index contributed by atoms with van der Waals surface area (Å²) in [7, 11) is 0. The first kappa shape index (κ1) is 17.3. The number of unbranched alkanes of at least 4 members (excludes halogenated alkanes) is 7. The van der Waals surface area contributed by atoms with Gasteiger partial charge in [0.2, 0.25) is 5.89 Å². The zero-order valence-electron chi connectivity index (χ0n) is 13.5. The van der Waals surface area contributed by atoms with Crippen LogP contribution in [0.1, 0.15) is 64.0 Å². The lowest BCUT2D eigenvalue weighted by atomic mass is 10.1. The van der Waals surface area contributed by atoms with Gasteiger partial charge in [-0.1, -0.05) is 67.8 Å². The third kappa shape index (κ3) is 5.96. The fraction of sp³-hybridized carbons (Fsp3) is 0.526. The number of rotatable bonds is 10. The molecule has 0 aliphatic heterocycles. The van der Waals surface area contributed by atoms with Gasteiger partial charge in [0.05, 0.1) is 5.69 Å². The molecule has 0 aliphatic rings. The van der Waals surface area contributed by atoms with Crippen LogP contribution in [-0.4, -0.2) is 4.98 Å². The number of aromatic nitrogens is 1. The molecule has 2 aromatic rings. The molecule has 0 radical (unpaired) electrons. The maximum Gasteiger partial charge on any atom is 0.226 e. The highest BCUT2D eigenvalue weighted by molar-refractivity contribution is 9.10. The van der Waals surface area contributed by atoms with Crippen molar-refractivity contribution in [2.24, 2.45) is 0 Å². The molecule has 2 nitrogen and oxygen atoms in total. The molecule has 0 bridgehead atoms. The van der Waals surface area contributed by atoms with Crippen LogP contribution in [0.2, 0.25) is 0 Å². The molecule has 0 aliphatic carbocycles. The average molecular weight is 364 g/mol. The fourth-order valence-corrected chi connectivity index (χ4v) is 2.85. The first-order valence-corrected chi connectivity index (χ1v) is 9.29. The number of oxazole rings is 1. The van der Waals surface area contributed by atoms with Crippen molar-refractivity contribution in [3.8, 4) is 11.5 Å². The van der Waals surface area contributed by atoms with E-state index in [1.165, 1.54) is 51.4 Å². The molecule has 0 saturated carbocycles. The third-order valence-corrected chi connectivity index (χ3v) is 4.46. The van der Waals surface area contributed by atoms with E-state index in [1.807, 2.05) is 24.3 Å². The van der Waals surface area contributed by atoms with Gasteiger partial charge in [0.25, 0.3) is 0 Å². The van der Waals surface area contributed by atoms with Crippen molar-refractivity contribution in [2.75, 3.05) is 0 Å². The first-order chi connectivity index (χ1) is 10.8. The lowest BCUT2D eigenvalue weighted by Gasteiger charge is -2.00. The van der Waals surface area contributed by atoms with Crippen LogP contribution >= 0.6 is 15.9 Å². The van der Waals surface area contributed by atoms with Crippen LogP contribution in [0.5, 0.6) is 0 Å². The summed E-state index contributed by atoms with van der Waals surface area (Å²) >= 11 is 3.44. The van der Waals surface area contributed by atoms with Gasteiger partial charge in [-0.2, -0.15) is 0 Å². The summed E-state index contributed by atoms with van der Waals surface area (Å²) in [5, 5.41) is 0. The van der Waals surface area contributed by atoms with Crippen molar-refractivity contribution in [3.63, 3.8) is 0 Å². The Morgan fingerprint density at radius 2 is 1.55 bits per heavy atom. The monoisotopic (exact) mass is 363 g/mol. The van der Waals surface area contributed by atoms with Crippen molar-refractivity contribution in [1.29, 1.82) is 0 Å². The summed E-state index contributed by atoms with van der Waals surface area (Å²) in [4.78, 5) is 4.59. The lowest BCUT2D eigenvalue weighted by Crippen LogP contribution is -1.87. The molecule has 2 rings (SSSR count). The van der Waals surface area contributed by atoms with Crippen molar-refractivity contribution < 1.29 is 4.42 Å². The van der Waals surface area contributed by atoms with E-state index in [0.29, 0.717) is 0 Å². The molecule has 1 aromatic heterocycles. The minimum atomic E-state index is 0.724. The van der Waals surface area contributed by atoms with Gasteiger partial charge in [0.1, 0.15) is 6.26 Å². The van der Waals surface area contributed by atoms with Crippen molar-refractivity contribution in [1.82, 2.24) is 4.98 Å². The summed E-state index contributed by atoms with van der Waals surface area (Å²) in [6.07, 6.45) is 13.6. The molecule has 0 spiro atoms. The maximum absolute atomic E-state index is 5.59. The van der Waals surface area contributed by atoms with Gasteiger partial charge in [-0.15, -0.1) is 0 Å². The number of hydrogen-bond donors (Lipinski definition) is 0. The molecule has 120 valence electrons. The SMILES string of the molecule is CCCCCCCCCCc1coc(-c2ccc(Br)cc2)n1. The number of hydrogen-bond acceptors (Lipinski definition) is 2. The van der Waals surface area contributed by atoms with Crippen LogP contribution < -0.4 is 0 Å². The maximum atomic E-state index is 5.59. The Labute approximate surface area is 142 Å². The van der Waals surface area contributed by atoms with Crippen molar-refractivity contribution in [2.45, 2.75) is 64.7 Å². The topological polar surface area (TPSA) is 26.0 Å². The summed E-state index contributed by atoms with van der Waals surface area (Å²) in [5.74, 6) is 0.724. The van der Waals surface area contributed by atoms with Crippen LogP contribution in [0.4, 0.5) is 0 Å². The summed E-state index contributed by atoms with van der Waals surface area (Å²) in [6, 6.07) is 8.07. The Morgan fingerprint density at radius 1 is 0.909 bits per heavy atom.